The fourth-order valence-corrected chi connectivity index (χ4v) is 1.51. The van der Waals surface area contributed by atoms with Crippen molar-refractivity contribution in [2.75, 3.05) is 5.32 Å². The maximum absolute atomic E-state index is 10.8. The van der Waals surface area contributed by atoms with E-state index in [0.29, 0.717) is 17.3 Å². The Morgan fingerprint density at radius 1 is 1.42 bits per heavy atom. The Bertz CT molecular complexity index is 580. The van der Waals surface area contributed by atoms with Gasteiger partial charge in [-0.25, -0.2) is 0 Å². The first kappa shape index (κ1) is 14.6. The molecular formula is C13H11ClN4O. The fourth-order valence-electron chi connectivity index (χ4n) is 1.25. The number of carbonyl (C=O) groups excluding carboxylic acids is 1. The highest BCUT2D eigenvalue weighted by atomic mass is 35.5. The highest BCUT2D eigenvalue weighted by Crippen LogP contribution is 2.23. The SMILES string of the molecule is CC(=O)NCc1ccc(NC=C(C#N)C#N)c(Cl)c1. The zero-order valence-corrected chi connectivity index (χ0v) is 11.0. The van der Waals surface area contributed by atoms with Crippen molar-refractivity contribution in [3.63, 3.8) is 0 Å². The van der Waals surface area contributed by atoms with Crippen LogP contribution in [0.3, 0.4) is 0 Å². The molecule has 0 bridgehead atoms. The zero-order chi connectivity index (χ0) is 14.3. The van der Waals surface area contributed by atoms with Gasteiger partial charge in [0, 0.05) is 19.7 Å². The van der Waals surface area contributed by atoms with E-state index < -0.39 is 0 Å². The number of hydrogen-bond donors (Lipinski definition) is 2. The molecule has 0 aromatic heterocycles. The van der Waals surface area contributed by atoms with E-state index in [1.165, 1.54) is 13.1 Å². The third-order valence-corrected chi connectivity index (χ3v) is 2.50. The largest absolute Gasteiger partial charge is 0.359 e. The second-order valence-corrected chi connectivity index (χ2v) is 4.06. The van der Waals surface area contributed by atoms with E-state index in [0.717, 1.165) is 5.56 Å². The molecule has 0 aliphatic rings. The molecule has 0 radical (unpaired) electrons. The van der Waals surface area contributed by atoms with Crippen LogP contribution in [-0.2, 0) is 11.3 Å². The predicted molar refractivity (Wildman–Crippen MR) is 71.9 cm³/mol. The molecule has 1 aromatic carbocycles. The minimum atomic E-state index is -0.117. The Morgan fingerprint density at radius 2 is 2.11 bits per heavy atom. The lowest BCUT2D eigenvalue weighted by atomic mass is 10.2. The molecule has 5 nitrogen and oxygen atoms in total. The molecule has 19 heavy (non-hydrogen) atoms. The van der Waals surface area contributed by atoms with Crippen molar-refractivity contribution in [2.24, 2.45) is 0 Å². The van der Waals surface area contributed by atoms with Crippen LogP contribution in [0.25, 0.3) is 0 Å². The predicted octanol–water partition coefficient (Wildman–Crippen LogP) is 2.32. The first-order chi connectivity index (χ1) is 9.06. The van der Waals surface area contributed by atoms with E-state index in [9.17, 15) is 4.79 Å². The Labute approximate surface area is 116 Å². The molecule has 6 heteroatoms. The number of benzene rings is 1. The number of anilines is 1. The lowest BCUT2D eigenvalue weighted by Gasteiger charge is -2.07. The van der Waals surface area contributed by atoms with Crippen LogP contribution in [0.1, 0.15) is 12.5 Å². The van der Waals surface area contributed by atoms with E-state index in [2.05, 4.69) is 10.6 Å². The summed E-state index contributed by atoms with van der Waals surface area (Å²) in [6.07, 6.45) is 1.29. The summed E-state index contributed by atoms with van der Waals surface area (Å²) in [4.78, 5) is 10.8. The van der Waals surface area contributed by atoms with Crippen LogP contribution in [-0.4, -0.2) is 5.91 Å². The summed E-state index contributed by atoms with van der Waals surface area (Å²) in [5.41, 5.74) is 1.39. The first-order valence-corrected chi connectivity index (χ1v) is 5.74. The number of carbonyl (C=O) groups is 1. The number of amides is 1. The molecule has 96 valence electrons. The average Bonchev–Trinajstić information content (AvgIpc) is 2.39. The van der Waals surface area contributed by atoms with Gasteiger partial charge < -0.3 is 10.6 Å². The molecule has 0 saturated carbocycles. The highest BCUT2D eigenvalue weighted by molar-refractivity contribution is 6.33. The maximum atomic E-state index is 10.8. The standard InChI is InChI=1S/C13H11ClN4O/c1-9(19)17-7-10-2-3-13(12(14)4-10)18-8-11(5-15)6-16/h2-4,8,18H,7H2,1H3,(H,17,19). The number of allylic oxidation sites excluding steroid dienone is 1. The van der Waals surface area contributed by atoms with Gasteiger partial charge in [0.1, 0.15) is 17.7 Å². The molecule has 0 spiro atoms. The van der Waals surface area contributed by atoms with E-state index in [4.69, 9.17) is 22.1 Å². The number of nitriles is 2. The third kappa shape index (κ3) is 4.71. The van der Waals surface area contributed by atoms with Crippen LogP contribution in [0.15, 0.2) is 30.0 Å². The molecular weight excluding hydrogens is 264 g/mol. The molecule has 0 aliphatic heterocycles. The van der Waals surface area contributed by atoms with E-state index in [1.807, 2.05) is 0 Å². The van der Waals surface area contributed by atoms with Crippen molar-refractivity contribution in [3.05, 3.63) is 40.6 Å². The van der Waals surface area contributed by atoms with Crippen LogP contribution < -0.4 is 10.6 Å². The summed E-state index contributed by atoms with van der Waals surface area (Å²) in [7, 11) is 0. The zero-order valence-electron chi connectivity index (χ0n) is 10.2. The molecule has 1 aromatic rings. The number of hydrogen-bond acceptors (Lipinski definition) is 4. The summed E-state index contributed by atoms with van der Waals surface area (Å²) in [5.74, 6) is -0.117. The summed E-state index contributed by atoms with van der Waals surface area (Å²) < 4.78 is 0. The Balaban J connectivity index is 2.79. The van der Waals surface area contributed by atoms with E-state index in [1.54, 1.807) is 30.3 Å². The monoisotopic (exact) mass is 274 g/mol. The molecule has 1 rings (SSSR count). The van der Waals surface area contributed by atoms with Crippen molar-refractivity contribution < 1.29 is 4.79 Å². The summed E-state index contributed by atoms with van der Waals surface area (Å²) in [6.45, 7) is 1.83. The Morgan fingerprint density at radius 3 is 2.63 bits per heavy atom. The van der Waals surface area contributed by atoms with Gasteiger partial charge in [0.25, 0.3) is 0 Å². The van der Waals surface area contributed by atoms with Gasteiger partial charge in [0.2, 0.25) is 5.91 Å². The molecule has 1 amide bonds. The molecule has 0 heterocycles. The van der Waals surface area contributed by atoms with Gasteiger partial charge in [-0.05, 0) is 17.7 Å². The van der Waals surface area contributed by atoms with Gasteiger partial charge in [-0.2, -0.15) is 10.5 Å². The Hall–Kier alpha value is -2.50. The lowest BCUT2D eigenvalue weighted by Crippen LogP contribution is -2.18. The number of nitrogens with one attached hydrogen (secondary N) is 2. The quantitative estimate of drug-likeness (QED) is 0.825. The maximum Gasteiger partial charge on any atom is 0.217 e. The number of rotatable bonds is 4. The van der Waals surface area contributed by atoms with E-state index in [-0.39, 0.29) is 11.5 Å². The summed E-state index contributed by atoms with van der Waals surface area (Å²) in [6, 6.07) is 8.66. The van der Waals surface area contributed by atoms with Crippen molar-refractivity contribution in [2.45, 2.75) is 13.5 Å². The fraction of sp³-hybridized carbons (Fsp3) is 0.154. The van der Waals surface area contributed by atoms with Crippen LogP contribution in [0, 0.1) is 22.7 Å². The minimum Gasteiger partial charge on any atom is -0.359 e. The van der Waals surface area contributed by atoms with Gasteiger partial charge in [0.15, 0.2) is 0 Å². The Kier molecular flexibility index (Phi) is 5.40. The van der Waals surface area contributed by atoms with Crippen LogP contribution in [0.5, 0.6) is 0 Å². The van der Waals surface area contributed by atoms with Gasteiger partial charge in [-0.15, -0.1) is 0 Å². The molecule has 0 atom stereocenters. The normalized spacial score (nSPS) is 8.84. The van der Waals surface area contributed by atoms with Crippen LogP contribution >= 0.6 is 11.6 Å². The average molecular weight is 275 g/mol. The topological polar surface area (TPSA) is 88.7 Å². The van der Waals surface area contributed by atoms with Gasteiger partial charge in [-0.1, -0.05) is 17.7 Å². The highest BCUT2D eigenvalue weighted by Gasteiger charge is 2.02. The van der Waals surface area contributed by atoms with E-state index >= 15 is 0 Å². The molecule has 0 unspecified atom stereocenters. The smallest absolute Gasteiger partial charge is 0.217 e. The van der Waals surface area contributed by atoms with Gasteiger partial charge in [-0.3, -0.25) is 4.79 Å². The minimum absolute atomic E-state index is 0.0432. The first-order valence-electron chi connectivity index (χ1n) is 5.36. The molecule has 0 saturated heterocycles. The molecule has 0 aliphatic carbocycles. The second kappa shape index (κ2) is 7.05. The summed E-state index contributed by atoms with van der Waals surface area (Å²) >= 11 is 6.04. The second-order valence-electron chi connectivity index (χ2n) is 3.65. The summed E-state index contributed by atoms with van der Waals surface area (Å²) in [5, 5.41) is 23.1. The van der Waals surface area contributed by atoms with Crippen LogP contribution in [0.4, 0.5) is 5.69 Å². The molecule has 0 fully saturated rings. The molecule has 2 N–H and O–H groups in total. The third-order valence-electron chi connectivity index (χ3n) is 2.19. The van der Waals surface area contributed by atoms with Crippen molar-refractivity contribution >= 4 is 23.2 Å². The van der Waals surface area contributed by atoms with Gasteiger partial charge >= 0.3 is 0 Å². The van der Waals surface area contributed by atoms with Crippen molar-refractivity contribution in [1.82, 2.24) is 5.32 Å². The van der Waals surface area contributed by atoms with Gasteiger partial charge in [0.05, 0.1) is 10.7 Å². The van der Waals surface area contributed by atoms with Crippen molar-refractivity contribution in [1.29, 1.82) is 10.5 Å². The van der Waals surface area contributed by atoms with Crippen LogP contribution in [0.2, 0.25) is 5.02 Å². The number of nitrogens with zero attached hydrogens (tertiary/aromatic N) is 2. The lowest BCUT2D eigenvalue weighted by molar-refractivity contribution is -0.119. The number of halogens is 1. The van der Waals surface area contributed by atoms with Crippen molar-refractivity contribution in [3.8, 4) is 12.1 Å².